The van der Waals surface area contributed by atoms with Gasteiger partial charge in [-0.3, -0.25) is 14.4 Å². The number of benzene rings is 2. The zero-order valence-corrected chi connectivity index (χ0v) is 18.4. The predicted octanol–water partition coefficient (Wildman–Crippen LogP) is 3.91. The number of carbonyl (C=O) groups is 3. The molecule has 0 unspecified atom stereocenters. The molecular weight excluding hydrogens is 438 g/mol. The molecule has 176 valence electrons. The van der Waals surface area contributed by atoms with E-state index in [1.807, 2.05) is 24.3 Å². The molecule has 34 heavy (non-hydrogen) atoms. The first-order valence-electron chi connectivity index (χ1n) is 11.0. The van der Waals surface area contributed by atoms with Gasteiger partial charge in [-0.25, -0.2) is 0 Å². The van der Waals surface area contributed by atoms with Gasteiger partial charge >= 0.3 is 23.8 Å². The first kappa shape index (κ1) is 23.0. The van der Waals surface area contributed by atoms with Gasteiger partial charge in [0.05, 0.1) is 0 Å². The van der Waals surface area contributed by atoms with Crippen LogP contribution in [0.2, 0.25) is 0 Å². The number of carbonyl (C=O) groups excluding carboxylic acids is 2. The molecule has 1 aliphatic rings. The Balaban J connectivity index is 1.32. The topological polar surface area (TPSA) is 160 Å². The lowest BCUT2D eigenvalue weighted by molar-refractivity contribution is -0.138. The predicted molar refractivity (Wildman–Crippen MR) is 124 cm³/mol. The molecule has 10 heteroatoms. The third-order valence-corrected chi connectivity index (χ3v) is 5.97. The van der Waals surface area contributed by atoms with Gasteiger partial charge in [0.25, 0.3) is 0 Å². The van der Waals surface area contributed by atoms with Crippen molar-refractivity contribution in [2.75, 3.05) is 10.6 Å². The van der Waals surface area contributed by atoms with Crippen LogP contribution in [-0.2, 0) is 4.79 Å². The van der Waals surface area contributed by atoms with Crippen molar-refractivity contribution >= 4 is 35.2 Å². The SMILES string of the molecule is NC(=O)c1cccc(Nc2nnc(C(=O)Nc3ccc([C@H]4CC[C@H](CC(=O)O)CC4)cc3)o2)c1. The molecule has 10 nitrogen and oxygen atoms in total. The van der Waals surface area contributed by atoms with E-state index in [-0.39, 0.29) is 24.2 Å². The van der Waals surface area contributed by atoms with Crippen molar-refractivity contribution < 1.29 is 23.9 Å². The molecule has 0 radical (unpaired) electrons. The minimum absolute atomic E-state index is 0.000573. The standard InChI is InChI=1S/C24H25N5O5/c25-21(32)17-2-1-3-19(13-17)27-24-29-28-23(34-24)22(33)26-18-10-8-16(9-11-18)15-6-4-14(5-7-15)12-20(30)31/h1-3,8-11,13-15H,4-7,12H2,(H2,25,32)(H,26,33)(H,27,29)(H,30,31)/t14-,15-. The molecule has 0 spiro atoms. The largest absolute Gasteiger partial charge is 0.481 e. The summed E-state index contributed by atoms with van der Waals surface area (Å²) in [6, 6.07) is 14.1. The van der Waals surface area contributed by atoms with E-state index in [1.54, 1.807) is 18.2 Å². The Morgan fingerprint density at radius 3 is 2.41 bits per heavy atom. The first-order valence-corrected chi connectivity index (χ1v) is 11.0. The van der Waals surface area contributed by atoms with Gasteiger partial charge in [0.2, 0.25) is 5.91 Å². The number of nitrogens with two attached hydrogens (primary N) is 1. The highest BCUT2D eigenvalue weighted by atomic mass is 16.4. The summed E-state index contributed by atoms with van der Waals surface area (Å²) in [5, 5.41) is 22.1. The van der Waals surface area contributed by atoms with Gasteiger partial charge in [-0.05, 0) is 73.4 Å². The second kappa shape index (κ2) is 10.2. The molecule has 5 N–H and O–H groups in total. The van der Waals surface area contributed by atoms with Gasteiger partial charge in [-0.2, -0.15) is 0 Å². The van der Waals surface area contributed by atoms with Crippen LogP contribution >= 0.6 is 0 Å². The first-order chi connectivity index (χ1) is 16.4. The van der Waals surface area contributed by atoms with Crippen molar-refractivity contribution in [3.63, 3.8) is 0 Å². The molecule has 4 rings (SSSR count). The average molecular weight is 463 g/mol. The van der Waals surface area contributed by atoms with Crippen molar-refractivity contribution in [1.82, 2.24) is 10.2 Å². The number of nitrogens with zero attached hydrogens (tertiary/aromatic N) is 2. The summed E-state index contributed by atoms with van der Waals surface area (Å²) in [6.45, 7) is 0. The van der Waals surface area contributed by atoms with Gasteiger partial charge < -0.3 is 25.9 Å². The highest BCUT2D eigenvalue weighted by Gasteiger charge is 2.24. The molecule has 1 saturated carbocycles. The number of carboxylic acids is 1. The Morgan fingerprint density at radius 1 is 1.00 bits per heavy atom. The maximum absolute atomic E-state index is 12.5. The summed E-state index contributed by atoms with van der Waals surface area (Å²) in [7, 11) is 0. The number of rotatable bonds is 8. The van der Waals surface area contributed by atoms with E-state index in [0.717, 1.165) is 25.7 Å². The van der Waals surface area contributed by atoms with Crippen LogP contribution < -0.4 is 16.4 Å². The lowest BCUT2D eigenvalue weighted by Crippen LogP contribution is -2.16. The van der Waals surface area contributed by atoms with E-state index < -0.39 is 17.8 Å². The number of hydrogen-bond acceptors (Lipinski definition) is 7. The third kappa shape index (κ3) is 5.77. The molecule has 0 atom stereocenters. The average Bonchev–Trinajstić information content (AvgIpc) is 3.28. The van der Waals surface area contributed by atoms with Crippen LogP contribution in [0.3, 0.4) is 0 Å². The smallest absolute Gasteiger partial charge is 0.320 e. The Hall–Kier alpha value is -4.21. The number of primary amides is 1. The molecule has 2 amide bonds. The third-order valence-electron chi connectivity index (χ3n) is 5.97. The van der Waals surface area contributed by atoms with Gasteiger partial charge in [0, 0.05) is 23.4 Å². The fraction of sp³-hybridized carbons (Fsp3) is 0.292. The molecule has 2 aromatic carbocycles. The molecule has 3 aromatic rings. The van der Waals surface area contributed by atoms with Crippen LogP contribution in [0.25, 0.3) is 0 Å². The Morgan fingerprint density at radius 2 is 1.74 bits per heavy atom. The summed E-state index contributed by atoms with van der Waals surface area (Å²) < 4.78 is 5.37. The van der Waals surface area contributed by atoms with Gasteiger partial charge in [0.15, 0.2) is 0 Å². The van der Waals surface area contributed by atoms with E-state index in [2.05, 4.69) is 20.8 Å². The highest BCUT2D eigenvalue weighted by Crippen LogP contribution is 2.37. The minimum Gasteiger partial charge on any atom is -0.481 e. The van der Waals surface area contributed by atoms with Crippen LogP contribution in [0.5, 0.6) is 0 Å². The molecule has 0 saturated heterocycles. The van der Waals surface area contributed by atoms with E-state index >= 15 is 0 Å². The second-order valence-corrected chi connectivity index (χ2v) is 8.37. The quantitative estimate of drug-likeness (QED) is 0.391. The zero-order chi connectivity index (χ0) is 24.1. The van der Waals surface area contributed by atoms with Crippen LogP contribution in [-0.4, -0.2) is 33.1 Å². The Kier molecular flexibility index (Phi) is 6.86. The number of nitrogens with one attached hydrogen (secondary N) is 2. The lowest BCUT2D eigenvalue weighted by Gasteiger charge is -2.28. The van der Waals surface area contributed by atoms with Gasteiger partial charge in [0.1, 0.15) is 0 Å². The number of anilines is 3. The van der Waals surface area contributed by atoms with Crippen LogP contribution in [0.4, 0.5) is 17.4 Å². The normalized spacial score (nSPS) is 17.6. The monoisotopic (exact) mass is 463 g/mol. The molecular formula is C24H25N5O5. The number of aromatic nitrogens is 2. The van der Waals surface area contributed by atoms with Crippen LogP contribution in [0.15, 0.2) is 52.9 Å². The maximum atomic E-state index is 12.5. The molecule has 1 fully saturated rings. The number of aliphatic carboxylic acids is 1. The fourth-order valence-corrected chi connectivity index (χ4v) is 4.21. The maximum Gasteiger partial charge on any atom is 0.320 e. The number of carboxylic acid groups (broad SMARTS) is 1. The summed E-state index contributed by atoms with van der Waals surface area (Å²) in [5.74, 6) is -1.40. The van der Waals surface area contributed by atoms with Crippen molar-refractivity contribution in [2.45, 2.75) is 38.0 Å². The fourth-order valence-electron chi connectivity index (χ4n) is 4.21. The van der Waals surface area contributed by atoms with Gasteiger partial charge in [-0.1, -0.05) is 23.3 Å². The summed E-state index contributed by atoms with van der Waals surface area (Å²) in [5.41, 5.74) is 7.88. The summed E-state index contributed by atoms with van der Waals surface area (Å²) in [6.07, 6.45) is 3.99. The minimum atomic E-state index is -0.731. The van der Waals surface area contributed by atoms with E-state index in [9.17, 15) is 14.4 Å². The van der Waals surface area contributed by atoms with Crippen molar-refractivity contribution in [3.05, 3.63) is 65.5 Å². The van der Waals surface area contributed by atoms with Crippen molar-refractivity contribution in [2.24, 2.45) is 11.7 Å². The highest BCUT2D eigenvalue weighted by molar-refractivity contribution is 6.01. The summed E-state index contributed by atoms with van der Waals surface area (Å²) >= 11 is 0. The Labute approximate surface area is 195 Å². The van der Waals surface area contributed by atoms with Crippen molar-refractivity contribution in [3.8, 4) is 0 Å². The molecule has 0 bridgehead atoms. The van der Waals surface area contributed by atoms with Crippen LogP contribution in [0.1, 0.15) is 64.6 Å². The lowest BCUT2D eigenvalue weighted by atomic mass is 9.77. The number of hydrogen-bond donors (Lipinski definition) is 4. The molecule has 1 aromatic heterocycles. The van der Waals surface area contributed by atoms with Gasteiger partial charge in [-0.15, -0.1) is 5.10 Å². The molecule has 1 heterocycles. The van der Waals surface area contributed by atoms with E-state index in [1.165, 1.54) is 11.6 Å². The van der Waals surface area contributed by atoms with E-state index in [4.69, 9.17) is 15.3 Å². The molecule has 0 aliphatic heterocycles. The Bertz CT molecular complexity index is 1180. The zero-order valence-electron chi connectivity index (χ0n) is 18.4. The summed E-state index contributed by atoms with van der Waals surface area (Å²) in [4.78, 5) is 34.7. The second-order valence-electron chi connectivity index (χ2n) is 8.37. The van der Waals surface area contributed by atoms with E-state index in [0.29, 0.717) is 22.9 Å². The van der Waals surface area contributed by atoms with Crippen LogP contribution in [0, 0.1) is 5.92 Å². The number of amides is 2. The van der Waals surface area contributed by atoms with Crippen molar-refractivity contribution in [1.29, 1.82) is 0 Å². The molecule has 1 aliphatic carbocycles.